The molecule has 2 aromatic carbocycles. The highest BCUT2D eigenvalue weighted by Crippen LogP contribution is 2.34. The summed E-state index contributed by atoms with van der Waals surface area (Å²) in [5.74, 6) is 0.294. The number of nitrogens with one attached hydrogen (secondary N) is 1. The first-order valence-corrected chi connectivity index (χ1v) is 9.85. The number of likely N-dealkylation sites (tertiary alicyclic amines) is 1. The normalized spacial score (nSPS) is 21.9. The van der Waals surface area contributed by atoms with Crippen LogP contribution in [0.25, 0.3) is 0 Å². The fourth-order valence-electron chi connectivity index (χ4n) is 4.09. The van der Waals surface area contributed by atoms with Gasteiger partial charge in [-0.15, -0.1) is 0 Å². The highest BCUT2D eigenvalue weighted by atomic mass is 35.5. The predicted octanol–water partition coefficient (Wildman–Crippen LogP) is 2.68. The molecular formula is C21H23ClN4O2. The summed E-state index contributed by atoms with van der Waals surface area (Å²) in [5, 5.41) is 3.16. The summed E-state index contributed by atoms with van der Waals surface area (Å²) in [7, 11) is 0. The minimum atomic E-state index is -0.158. The summed E-state index contributed by atoms with van der Waals surface area (Å²) in [6.45, 7) is 2.89. The second-order valence-corrected chi connectivity index (χ2v) is 7.68. The third kappa shape index (κ3) is 3.45. The smallest absolute Gasteiger partial charge is 0.321 e. The van der Waals surface area contributed by atoms with Crippen molar-refractivity contribution in [3.05, 3.63) is 64.7 Å². The van der Waals surface area contributed by atoms with E-state index in [-0.39, 0.29) is 23.8 Å². The first-order valence-electron chi connectivity index (χ1n) is 9.47. The molecule has 0 bridgehead atoms. The molecule has 7 heteroatoms. The molecule has 2 aliphatic heterocycles. The zero-order chi connectivity index (χ0) is 19.7. The number of nitrogens with two attached hydrogens (primary N) is 1. The van der Waals surface area contributed by atoms with Crippen molar-refractivity contribution in [1.29, 1.82) is 0 Å². The number of halogens is 1. The fraction of sp³-hybridized carbons (Fsp3) is 0.333. The summed E-state index contributed by atoms with van der Waals surface area (Å²) in [4.78, 5) is 28.6. The van der Waals surface area contributed by atoms with Crippen LogP contribution in [0.2, 0.25) is 5.02 Å². The molecule has 146 valence electrons. The molecule has 6 nitrogen and oxygen atoms in total. The lowest BCUT2D eigenvalue weighted by atomic mass is 9.89. The molecule has 4 rings (SSSR count). The van der Waals surface area contributed by atoms with Crippen LogP contribution >= 0.6 is 11.6 Å². The van der Waals surface area contributed by atoms with Gasteiger partial charge in [-0.05, 0) is 36.2 Å². The van der Waals surface area contributed by atoms with Crippen molar-refractivity contribution in [2.24, 2.45) is 11.7 Å². The zero-order valence-electron chi connectivity index (χ0n) is 15.5. The van der Waals surface area contributed by atoms with Crippen LogP contribution in [0.1, 0.15) is 21.8 Å². The van der Waals surface area contributed by atoms with Gasteiger partial charge in [0.05, 0.1) is 10.6 Å². The number of urea groups is 1. The maximum atomic E-state index is 13.2. The van der Waals surface area contributed by atoms with E-state index < -0.39 is 0 Å². The standard InChI is InChI=1S/C21H23ClN4O2/c22-19-7-6-16(26-9-8-24-21(26)28)10-17(19)20(27)25-12-15(11-23)18(13-25)14-4-2-1-3-5-14/h1-7,10,15,18H,8-9,11-13,23H2,(H,24,28)/t15-,18+/m1/s1. The first kappa shape index (κ1) is 18.8. The molecule has 3 amide bonds. The van der Waals surface area contributed by atoms with E-state index in [0.29, 0.717) is 49.0 Å². The van der Waals surface area contributed by atoms with Crippen molar-refractivity contribution >= 4 is 29.2 Å². The lowest BCUT2D eigenvalue weighted by molar-refractivity contribution is 0.0786. The second-order valence-electron chi connectivity index (χ2n) is 7.27. The molecule has 2 fully saturated rings. The van der Waals surface area contributed by atoms with Gasteiger partial charge in [0.1, 0.15) is 0 Å². The van der Waals surface area contributed by atoms with Crippen LogP contribution in [0, 0.1) is 5.92 Å². The lowest BCUT2D eigenvalue weighted by Crippen LogP contribution is -2.31. The maximum absolute atomic E-state index is 13.2. The number of nitrogens with zero attached hydrogens (tertiary/aromatic N) is 2. The molecule has 2 atom stereocenters. The van der Waals surface area contributed by atoms with E-state index in [4.69, 9.17) is 17.3 Å². The van der Waals surface area contributed by atoms with Gasteiger partial charge in [-0.3, -0.25) is 9.69 Å². The van der Waals surface area contributed by atoms with E-state index in [1.807, 2.05) is 23.1 Å². The van der Waals surface area contributed by atoms with Gasteiger partial charge < -0.3 is 16.0 Å². The third-order valence-corrected chi connectivity index (χ3v) is 5.94. The third-order valence-electron chi connectivity index (χ3n) is 5.61. The van der Waals surface area contributed by atoms with Crippen LogP contribution in [0.5, 0.6) is 0 Å². The topological polar surface area (TPSA) is 78.7 Å². The molecule has 0 radical (unpaired) electrons. The molecule has 2 saturated heterocycles. The Morgan fingerprint density at radius 2 is 1.96 bits per heavy atom. The summed E-state index contributed by atoms with van der Waals surface area (Å²) >= 11 is 6.34. The molecule has 2 aromatic rings. The van der Waals surface area contributed by atoms with E-state index in [2.05, 4.69) is 17.4 Å². The highest BCUT2D eigenvalue weighted by molar-refractivity contribution is 6.34. The van der Waals surface area contributed by atoms with E-state index >= 15 is 0 Å². The Hall–Kier alpha value is -2.57. The van der Waals surface area contributed by atoms with Crippen molar-refractivity contribution in [3.8, 4) is 0 Å². The summed E-state index contributed by atoms with van der Waals surface area (Å²) in [5.41, 5.74) is 8.29. The number of carbonyl (C=O) groups excluding carboxylic acids is 2. The Morgan fingerprint density at radius 1 is 1.18 bits per heavy atom. The molecule has 2 heterocycles. The minimum absolute atomic E-state index is 0.122. The Kier molecular flexibility index (Phi) is 5.24. The molecule has 28 heavy (non-hydrogen) atoms. The Morgan fingerprint density at radius 3 is 2.64 bits per heavy atom. The molecule has 0 aliphatic carbocycles. The number of hydrogen-bond donors (Lipinski definition) is 2. The van der Waals surface area contributed by atoms with Gasteiger partial charge in [-0.1, -0.05) is 41.9 Å². The van der Waals surface area contributed by atoms with E-state index in [1.165, 1.54) is 5.56 Å². The number of amides is 3. The van der Waals surface area contributed by atoms with Crippen LogP contribution in [0.3, 0.4) is 0 Å². The van der Waals surface area contributed by atoms with Gasteiger partial charge in [0.25, 0.3) is 5.91 Å². The molecule has 0 saturated carbocycles. The van der Waals surface area contributed by atoms with E-state index in [0.717, 1.165) is 0 Å². The van der Waals surface area contributed by atoms with Crippen molar-refractivity contribution < 1.29 is 9.59 Å². The van der Waals surface area contributed by atoms with Crippen molar-refractivity contribution in [2.45, 2.75) is 5.92 Å². The van der Waals surface area contributed by atoms with Gasteiger partial charge in [-0.2, -0.15) is 0 Å². The van der Waals surface area contributed by atoms with Crippen LogP contribution < -0.4 is 16.0 Å². The first-order chi connectivity index (χ1) is 13.6. The number of anilines is 1. The number of hydrogen-bond acceptors (Lipinski definition) is 3. The zero-order valence-corrected chi connectivity index (χ0v) is 16.2. The number of benzene rings is 2. The average molecular weight is 399 g/mol. The monoisotopic (exact) mass is 398 g/mol. The van der Waals surface area contributed by atoms with Crippen molar-refractivity contribution in [3.63, 3.8) is 0 Å². The Balaban J connectivity index is 1.58. The molecule has 3 N–H and O–H groups in total. The van der Waals surface area contributed by atoms with Crippen LogP contribution in [-0.4, -0.2) is 49.6 Å². The van der Waals surface area contributed by atoms with E-state index in [9.17, 15) is 9.59 Å². The van der Waals surface area contributed by atoms with Gasteiger partial charge in [-0.25, -0.2) is 4.79 Å². The van der Waals surface area contributed by atoms with Gasteiger partial charge in [0.2, 0.25) is 0 Å². The summed E-state index contributed by atoms with van der Waals surface area (Å²) in [6, 6.07) is 15.2. The van der Waals surface area contributed by atoms with Crippen LogP contribution in [0.15, 0.2) is 48.5 Å². The lowest BCUT2D eigenvalue weighted by Gasteiger charge is -2.20. The Labute approximate surface area is 169 Å². The number of rotatable bonds is 4. The predicted molar refractivity (Wildman–Crippen MR) is 110 cm³/mol. The van der Waals surface area contributed by atoms with Crippen molar-refractivity contribution in [1.82, 2.24) is 10.2 Å². The highest BCUT2D eigenvalue weighted by Gasteiger charge is 2.36. The largest absolute Gasteiger partial charge is 0.338 e. The van der Waals surface area contributed by atoms with Gasteiger partial charge in [0.15, 0.2) is 0 Å². The quantitative estimate of drug-likeness (QED) is 0.831. The van der Waals surface area contributed by atoms with Gasteiger partial charge in [0, 0.05) is 37.8 Å². The summed E-state index contributed by atoms with van der Waals surface area (Å²) < 4.78 is 0. The minimum Gasteiger partial charge on any atom is -0.338 e. The molecule has 0 spiro atoms. The Bertz CT molecular complexity index is 889. The fourth-order valence-corrected chi connectivity index (χ4v) is 4.29. The second kappa shape index (κ2) is 7.81. The maximum Gasteiger partial charge on any atom is 0.321 e. The van der Waals surface area contributed by atoms with Crippen molar-refractivity contribution in [2.75, 3.05) is 37.6 Å². The average Bonchev–Trinajstić information content (AvgIpc) is 3.35. The SMILES string of the molecule is NC[C@@H]1CN(C(=O)c2cc(N3CCNC3=O)ccc2Cl)C[C@H]1c1ccccc1. The molecule has 0 unspecified atom stereocenters. The van der Waals surface area contributed by atoms with Crippen LogP contribution in [0.4, 0.5) is 10.5 Å². The van der Waals surface area contributed by atoms with E-state index in [1.54, 1.807) is 23.1 Å². The number of carbonyl (C=O) groups is 2. The molecular weight excluding hydrogens is 376 g/mol. The van der Waals surface area contributed by atoms with Gasteiger partial charge >= 0.3 is 6.03 Å². The summed E-state index contributed by atoms with van der Waals surface area (Å²) in [6.07, 6.45) is 0. The molecule has 0 aromatic heterocycles. The molecule has 2 aliphatic rings. The van der Waals surface area contributed by atoms with Crippen LogP contribution in [-0.2, 0) is 0 Å².